The van der Waals surface area contributed by atoms with Gasteiger partial charge in [-0.1, -0.05) is 29.8 Å². The summed E-state index contributed by atoms with van der Waals surface area (Å²) in [7, 11) is 0. The fourth-order valence-electron chi connectivity index (χ4n) is 1.59. The number of aromatic nitrogens is 1. The van der Waals surface area contributed by atoms with Gasteiger partial charge >= 0.3 is 0 Å². The number of thiazole rings is 1. The van der Waals surface area contributed by atoms with Crippen molar-refractivity contribution in [3.63, 3.8) is 0 Å². The lowest BCUT2D eigenvalue weighted by Crippen LogP contribution is -2.12. The molecule has 0 aliphatic rings. The maximum atomic E-state index is 11.6. The van der Waals surface area contributed by atoms with Crippen LogP contribution in [0.15, 0.2) is 35.8 Å². The van der Waals surface area contributed by atoms with Gasteiger partial charge in [-0.25, -0.2) is 4.98 Å². The van der Waals surface area contributed by atoms with Crippen LogP contribution in [0.5, 0.6) is 0 Å². The SMILES string of the molecule is Cc1cccc(CCC(=O)Nc2nccs2)c1. The van der Waals surface area contributed by atoms with Crippen molar-refractivity contribution < 1.29 is 4.79 Å². The number of anilines is 1. The average molecular weight is 246 g/mol. The second-order valence-corrected chi connectivity index (χ2v) is 4.77. The van der Waals surface area contributed by atoms with Gasteiger partial charge in [0.25, 0.3) is 0 Å². The molecule has 1 amide bonds. The van der Waals surface area contributed by atoms with Crippen LogP contribution in [-0.4, -0.2) is 10.9 Å². The van der Waals surface area contributed by atoms with Crippen LogP contribution in [0.4, 0.5) is 5.13 Å². The van der Waals surface area contributed by atoms with Crippen LogP contribution in [0, 0.1) is 6.92 Å². The summed E-state index contributed by atoms with van der Waals surface area (Å²) in [6, 6.07) is 8.23. The highest BCUT2D eigenvalue weighted by molar-refractivity contribution is 7.13. The number of amides is 1. The predicted molar refractivity (Wildman–Crippen MR) is 70.2 cm³/mol. The minimum Gasteiger partial charge on any atom is -0.302 e. The zero-order valence-corrected chi connectivity index (χ0v) is 10.5. The van der Waals surface area contributed by atoms with Crippen LogP contribution in [0.25, 0.3) is 0 Å². The monoisotopic (exact) mass is 246 g/mol. The molecule has 0 spiro atoms. The fourth-order valence-corrected chi connectivity index (χ4v) is 2.14. The van der Waals surface area contributed by atoms with Gasteiger partial charge in [0, 0.05) is 18.0 Å². The molecule has 0 saturated heterocycles. The molecule has 17 heavy (non-hydrogen) atoms. The molecule has 2 rings (SSSR count). The molecule has 0 bridgehead atoms. The third-order valence-electron chi connectivity index (χ3n) is 2.40. The van der Waals surface area contributed by atoms with E-state index < -0.39 is 0 Å². The third kappa shape index (κ3) is 3.67. The minimum absolute atomic E-state index is 0.0152. The molecule has 0 unspecified atom stereocenters. The first-order valence-corrected chi connectivity index (χ1v) is 6.37. The highest BCUT2D eigenvalue weighted by Gasteiger charge is 2.04. The van der Waals surface area contributed by atoms with Crippen molar-refractivity contribution in [2.45, 2.75) is 19.8 Å². The van der Waals surface area contributed by atoms with Crippen molar-refractivity contribution in [2.75, 3.05) is 5.32 Å². The number of hydrogen-bond acceptors (Lipinski definition) is 3. The smallest absolute Gasteiger partial charge is 0.226 e. The van der Waals surface area contributed by atoms with Crippen molar-refractivity contribution in [2.24, 2.45) is 0 Å². The number of hydrogen-bond donors (Lipinski definition) is 1. The van der Waals surface area contributed by atoms with E-state index in [0.717, 1.165) is 6.42 Å². The molecule has 0 saturated carbocycles. The molecule has 2 aromatic rings. The number of nitrogens with zero attached hydrogens (tertiary/aromatic N) is 1. The molecule has 0 aliphatic carbocycles. The van der Waals surface area contributed by atoms with E-state index in [1.54, 1.807) is 6.20 Å². The van der Waals surface area contributed by atoms with Gasteiger partial charge in [0.1, 0.15) is 0 Å². The number of carbonyl (C=O) groups excluding carboxylic acids is 1. The Bertz CT molecular complexity index is 494. The van der Waals surface area contributed by atoms with Crippen molar-refractivity contribution in [1.29, 1.82) is 0 Å². The summed E-state index contributed by atoms with van der Waals surface area (Å²) in [6.07, 6.45) is 2.93. The van der Waals surface area contributed by atoms with Crippen molar-refractivity contribution in [3.8, 4) is 0 Å². The fraction of sp³-hybridized carbons (Fsp3) is 0.231. The molecule has 1 N–H and O–H groups in total. The van der Waals surface area contributed by atoms with Gasteiger partial charge in [0.05, 0.1) is 0 Å². The van der Waals surface area contributed by atoms with Crippen LogP contribution in [-0.2, 0) is 11.2 Å². The van der Waals surface area contributed by atoms with Gasteiger partial charge in [0.15, 0.2) is 5.13 Å². The number of carbonyl (C=O) groups is 1. The maximum absolute atomic E-state index is 11.6. The molecule has 88 valence electrons. The average Bonchev–Trinajstić information content (AvgIpc) is 2.79. The maximum Gasteiger partial charge on any atom is 0.226 e. The van der Waals surface area contributed by atoms with Crippen molar-refractivity contribution in [1.82, 2.24) is 4.98 Å². The lowest BCUT2D eigenvalue weighted by Gasteiger charge is -2.03. The summed E-state index contributed by atoms with van der Waals surface area (Å²) in [5, 5.41) is 5.28. The van der Waals surface area contributed by atoms with E-state index in [9.17, 15) is 4.79 Å². The topological polar surface area (TPSA) is 42.0 Å². The summed E-state index contributed by atoms with van der Waals surface area (Å²) in [4.78, 5) is 15.6. The first-order valence-electron chi connectivity index (χ1n) is 5.49. The lowest BCUT2D eigenvalue weighted by atomic mass is 10.1. The van der Waals surface area contributed by atoms with Gasteiger partial charge in [0.2, 0.25) is 5.91 Å². The van der Waals surface area contributed by atoms with Crippen LogP contribution in [0.3, 0.4) is 0 Å². The second-order valence-electron chi connectivity index (χ2n) is 3.87. The van der Waals surface area contributed by atoms with E-state index in [0.29, 0.717) is 11.6 Å². The number of aryl methyl sites for hydroxylation is 2. The summed E-state index contributed by atoms with van der Waals surface area (Å²) < 4.78 is 0. The molecule has 1 heterocycles. The van der Waals surface area contributed by atoms with Crippen LogP contribution < -0.4 is 5.32 Å². The highest BCUT2D eigenvalue weighted by Crippen LogP contribution is 2.12. The molecule has 3 nitrogen and oxygen atoms in total. The largest absolute Gasteiger partial charge is 0.302 e. The third-order valence-corrected chi connectivity index (χ3v) is 3.09. The van der Waals surface area contributed by atoms with Gasteiger partial charge < -0.3 is 5.32 Å². The number of nitrogens with one attached hydrogen (secondary N) is 1. The van der Waals surface area contributed by atoms with Gasteiger partial charge in [-0.15, -0.1) is 11.3 Å². The molecular formula is C13H14N2OS. The summed E-state index contributed by atoms with van der Waals surface area (Å²) in [5.41, 5.74) is 2.42. The van der Waals surface area contributed by atoms with E-state index in [4.69, 9.17) is 0 Å². The summed E-state index contributed by atoms with van der Waals surface area (Å²) >= 11 is 1.43. The second kappa shape index (κ2) is 5.59. The van der Waals surface area contributed by atoms with E-state index >= 15 is 0 Å². The normalized spacial score (nSPS) is 10.2. The van der Waals surface area contributed by atoms with Crippen LogP contribution >= 0.6 is 11.3 Å². The van der Waals surface area contributed by atoms with Crippen LogP contribution in [0.2, 0.25) is 0 Å². The molecular weight excluding hydrogens is 232 g/mol. The predicted octanol–water partition coefficient (Wildman–Crippen LogP) is 3.02. The Morgan fingerprint density at radius 3 is 3.06 bits per heavy atom. The Balaban J connectivity index is 1.84. The van der Waals surface area contributed by atoms with Gasteiger partial charge in [-0.3, -0.25) is 4.79 Å². The molecule has 0 radical (unpaired) electrons. The highest BCUT2D eigenvalue weighted by atomic mass is 32.1. The first kappa shape index (κ1) is 11.8. The number of benzene rings is 1. The first-order chi connectivity index (χ1) is 8.24. The van der Waals surface area contributed by atoms with Gasteiger partial charge in [-0.2, -0.15) is 0 Å². The zero-order valence-electron chi connectivity index (χ0n) is 9.64. The summed E-state index contributed by atoms with van der Waals surface area (Å²) in [5.74, 6) is 0.0152. The molecule has 0 fully saturated rings. The van der Waals surface area contributed by atoms with Crippen molar-refractivity contribution in [3.05, 3.63) is 47.0 Å². The van der Waals surface area contributed by atoms with Crippen molar-refractivity contribution >= 4 is 22.4 Å². The quantitative estimate of drug-likeness (QED) is 0.901. The Morgan fingerprint density at radius 1 is 1.47 bits per heavy atom. The van der Waals surface area contributed by atoms with E-state index in [-0.39, 0.29) is 5.91 Å². The van der Waals surface area contributed by atoms with Gasteiger partial charge in [-0.05, 0) is 18.9 Å². The summed E-state index contributed by atoms with van der Waals surface area (Å²) in [6.45, 7) is 2.05. The zero-order chi connectivity index (χ0) is 12.1. The standard InChI is InChI=1S/C13H14N2OS/c1-10-3-2-4-11(9-10)5-6-12(16)15-13-14-7-8-17-13/h2-4,7-9H,5-6H2,1H3,(H,14,15,16). The molecule has 4 heteroatoms. The van der Waals surface area contributed by atoms with E-state index in [1.165, 1.54) is 22.5 Å². The lowest BCUT2D eigenvalue weighted by molar-refractivity contribution is -0.116. The Labute approximate surface area is 105 Å². The molecule has 0 aliphatic heterocycles. The minimum atomic E-state index is 0.0152. The molecule has 0 atom stereocenters. The van der Waals surface area contributed by atoms with E-state index in [1.807, 2.05) is 17.5 Å². The van der Waals surface area contributed by atoms with E-state index in [2.05, 4.69) is 29.4 Å². The van der Waals surface area contributed by atoms with Crippen LogP contribution in [0.1, 0.15) is 17.5 Å². The Hall–Kier alpha value is -1.68. The molecule has 1 aromatic heterocycles. The Kier molecular flexibility index (Phi) is 3.88. The molecule has 1 aromatic carbocycles. The Morgan fingerprint density at radius 2 is 2.35 bits per heavy atom. The number of rotatable bonds is 4.